The Kier molecular flexibility index (Phi) is 8.74. The number of allylic oxidation sites excluding steroid dienone is 8. The summed E-state index contributed by atoms with van der Waals surface area (Å²) in [5.74, 6) is -0.527. The Morgan fingerprint density at radius 3 is 1.57 bits per heavy atom. The van der Waals surface area contributed by atoms with Gasteiger partial charge in [0.25, 0.3) is 0 Å². The van der Waals surface area contributed by atoms with Gasteiger partial charge in [-0.05, 0) is 65.1 Å². The fraction of sp³-hybridized carbons (Fsp3) is 0.480. The van der Waals surface area contributed by atoms with Crippen molar-refractivity contribution in [2.75, 3.05) is 14.1 Å². The molecule has 5 nitrogen and oxygen atoms in total. The molecule has 0 aliphatic heterocycles. The molecule has 2 aliphatic rings. The highest BCUT2D eigenvalue weighted by molar-refractivity contribution is 5.99. The Morgan fingerprint density at radius 2 is 1.27 bits per heavy atom. The Hall–Kier alpha value is -2.05. The lowest BCUT2D eigenvalue weighted by atomic mass is 9.77. The third-order valence-corrected chi connectivity index (χ3v) is 6.43. The van der Waals surface area contributed by atoms with E-state index in [0.29, 0.717) is 12.8 Å². The van der Waals surface area contributed by atoms with Crippen LogP contribution in [0.25, 0.3) is 0 Å². The largest absolute Gasteiger partial charge is 0.384 e. The molecule has 164 valence electrons. The second kappa shape index (κ2) is 10.8. The summed E-state index contributed by atoms with van der Waals surface area (Å²) in [6.45, 7) is 3.79. The Labute approximate surface area is 180 Å². The van der Waals surface area contributed by atoms with Crippen molar-refractivity contribution in [3.8, 4) is 0 Å². The summed E-state index contributed by atoms with van der Waals surface area (Å²) in [5.41, 5.74) is -2.41. The Balaban J connectivity index is 2.21. The van der Waals surface area contributed by atoms with Crippen LogP contribution in [0.2, 0.25) is 0 Å². The van der Waals surface area contributed by atoms with Gasteiger partial charge in [0.2, 0.25) is 0 Å². The van der Waals surface area contributed by atoms with Gasteiger partial charge in [-0.25, -0.2) is 0 Å². The highest BCUT2D eigenvalue weighted by atomic mass is 16.3. The molecule has 4 N–H and O–H groups in total. The molecule has 0 spiro atoms. The average Bonchev–Trinajstić information content (AvgIpc) is 2.80. The molecule has 2 unspecified atom stereocenters. The van der Waals surface area contributed by atoms with Crippen molar-refractivity contribution in [3.63, 3.8) is 0 Å². The first-order valence-electron chi connectivity index (χ1n) is 10.7. The van der Waals surface area contributed by atoms with Gasteiger partial charge in [-0.1, -0.05) is 48.6 Å². The maximum Gasteiger partial charge on any atom is 0.178 e. The van der Waals surface area contributed by atoms with Gasteiger partial charge in [-0.3, -0.25) is 4.79 Å². The molecule has 0 saturated carbocycles. The van der Waals surface area contributed by atoms with Gasteiger partial charge in [-0.15, -0.1) is 0 Å². The summed E-state index contributed by atoms with van der Waals surface area (Å²) in [6.07, 6.45) is 23.1. The lowest BCUT2D eigenvalue weighted by molar-refractivity contribution is -0.110. The minimum absolute atomic E-state index is 0.126. The van der Waals surface area contributed by atoms with Crippen LogP contribution in [0, 0.1) is 11.8 Å². The van der Waals surface area contributed by atoms with Crippen LogP contribution in [-0.2, 0) is 4.79 Å². The lowest BCUT2D eigenvalue weighted by Gasteiger charge is -2.38. The fourth-order valence-electron chi connectivity index (χ4n) is 3.97. The van der Waals surface area contributed by atoms with Crippen LogP contribution in [-0.4, -0.2) is 53.4 Å². The standard InChI is InChI=1S/C25H36N2O3/c1-19(26-3)24(29,21-11-7-5-8-12-21)17-15-23(28)16-18-25(30,20(2)27-4)22-13-9-6-10-14-22/h5-11,13,15-22,26-27,29-30H,12,14H2,1-4H3/b17-15+,18-16+/t19-,20-,21?,22?,24+,25+/m0/s1. The van der Waals surface area contributed by atoms with Gasteiger partial charge in [0.05, 0.1) is 0 Å². The van der Waals surface area contributed by atoms with Crippen LogP contribution in [0.5, 0.6) is 0 Å². The van der Waals surface area contributed by atoms with Crippen molar-refractivity contribution in [2.45, 2.75) is 50.0 Å². The van der Waals surface area contributed by atoms with Crippen LogP contribution in [0.3, 0.4) is 0 Å². The van der Waals surface area contributed by atoms with E-state index in [9.17, 15) is 15.0 Å². The van der Waals surface area contributed by atoms with E-state index in [4.69, 9.17) is 0 Å². The van der Waals surface area contributed by atoms with Crippen molar-refractivity contribution in [1.82, 2.24) is 10.6 Å². The van der Waals surface area contributed by atoms with Crippen molar-refractivity contribution < 1.29 is 15.0 Å². The molecule has 0 bridgehead atoms. The number of carbonyl (C=O) groups is 1. The van der Waals surface area contributed by atoms with Crippen molar-refractivity contribution >= 4 is 5.78 Å². The number of ketones is 1. The first kappa shape index (κ1) is 24.2. The topological polar surface area (TPSA) is 81.6 Å². The molecule has 2 rings (SSSR count). The van der Waals surface area contributed by atoms with E-state index in [1.807, 2.05) is 62.5 Å². The van der Waals surface area contributed by atoms with Crippen LogP contribution < -0.4 is 10.6 Å². The molecule has 0 heterocycles. The second-order valence-electron chi connectivity index (χ2n) is 8.17. The molecule has 2 aliphatic carbocycles. The highest BCUT2D eigenvalue weighted by Crippen LogP contribution is 2.31. The minimum Gasteiger partial charge on any atom is -0.384 e. The smallest absolute Gasteiger partial charge is 0.178 e. The molecular weight excluding hydrogens is 376 g/mol. The van der Waals surface area contributed by atoms with Gasteiger partial charge in [0.1, 0.15) is 11.2 Å². The number of hydrogen-bond acceptors (Lipinski definition) is 5. The molecule has 0 fully saturated rings. The van der Waals surface area contributed by atoms with E-state index < -0.39 is 11.2 Å². The zero-order valence-corrected chi connectivity index (χ0v) is 18.5. The van der Waals surface area contributed by atoms with E-state index in [1.165, 1.54) is 12.2 Å². The zero-order chi connectivity index (χ0) is 22.2. The van der Waals surface area contributed by atoms with Gasteiger partial charge in [0.15, 0.2) is 5.78 Å². The molecule has 0 amide bonds. The summed E-state index contributed by atoms with van der Waals surface area (Å²) >= 11 is 0. The van der Waals surface area contributed by atoms with Crippen LogP contribution in [0.1, 0.15) is 26.7 Å². The number of nitrogens with one attached hydrogen (secondary N) is 2. The number of aliphatic hydroxyl groups is 2. The van der Waals surface area contributed by atoms with Crippen LogP contribution >= 0.6 is 0 Å². The number of hydrogen-bond donors (Lipinski definition) is 4. The molecule has 30 heavy (non-hydrogen) atoms. The molecular formula is C25H36N2O3. The normalized spacial score (nSPS) is 27.3. The van der Waals surface area contributed by atoms with Crippen molar-refractivity contribution in [2.24, 2.45) is 11.8 Å². The third kappa shape index (κ3) is 5.55. The second-order valence-corrected chi connectivity index (χ2v) is 8.17. The zero-order valence-electron chi connectivity index (χ0n) is 18.5. The molecule has 0 saturated heterocycles. The predicted molar refractivity (Wildman–Crippen MR) is 123 cm³/mol. The maximum absolute atomic E-state index is 12.6. The van der Waals surface area contributed by atoms with Crippen LogP contribution in [0.15, 0.2) is 72.9 Å². The monoisotopic (exact) mass is 412 g/mol. The van der Waals surface area contributed by atoms with Crippen LogP contribution in [0.4, 0.5) is 0 Å². The number of carbonyl (C=O) groups excluding carboxylic acids is 1. The fourth-order valence-corrected chi connectivity index (χ4v) is 3.97. The number of rotatable bonds is 10. The summed E-state index contributed by atoms with van der Waals surface area (Å²) in [7, 11) is 3.58. The Morgan fingerprint density at radius 1 is 0.867 bits per heavy atom. The molecule has 0 aromatic rings. The quantitative estimate of drug-likeness (QED) is 0.415. The summed E-state index contributed by atoms with van der Waals surface area (Å²) < 4.78 is 0. The average molecular weight is 413 g/mol. The van der Waals surface area contributed by atoms with E-state index in [-0.39, 0.29) is 29.7 Å². The van der Waals surface area contributed by atoms with E-state index >= 15 is 0 Å². The van der Waals surface area contributed by atoms with Gasteiger partial charge in [-0.2, -0.15) is 0 Å². The SMILES string of the molecule is CN[C@@H](C)[C@](O)(/C=C/C(=O)/C=C/[C@](O)(C1C=CC=CC1)[C@H](C)NC)C1C=CC=CC1. The highest BCUT2D eigenvalue weighted by Gasteiger charge is 2.39. The summed E-state index contributed by atoms with van der Waals surface area (Å²) in [4.78, 5) is 12.6. The number of likely N-dealkylation sites (N-methyl/N-ethyl adjacent to an activating group) is 2. The van der Waals surface area contributed by atoms with Crippen molar-refractivity contribution in [3.05, 3.63) is 72.9 Å². The molecule has 5 heteroatoms. The molecule has 6 atom stereocenters. The predicted octanol–water partition coefficient (Wildman–Crippen LogP) is 2.61. The summed E-state index contributed by atoms with van der Waals surface area (Å²) in [5, 5.41) is 28.8. The van der Waals surface area contributed by atoms with E-state index in [1.54, 1.807) is 26.2 Å². The van der Waals surface area contributed by atoms with Gasteiger partial charge < -0.3 is 20.8 Å². The molecule has 0 aromatic carbocycles. The van der Waals surface area contributed by atoms with Gasteiger partial charge in [0, 0.05) is 23.9 Å². The summed E-state index contributed by atoms with van der Waals surface area (Å²) in [6, 6.07) is -0.487. The maximum atomic E-state index is 12.6. The van der Waals surface area contributed by atoms with Crippen molar-refractivity contribution in [1.29, 1.82) is 0 Å². The minimum atomic E-state index is -1.20. The first-order valence-corrected chi connectivity index (χ1v) is 10.7. The lowest BCUT2D eigenvalue weighted by Crippen LogP contribution is -2.51. The molecule has 0 radical (unpaired) electrons. The Bertz CT molecular complexity index is 702. The van der Waals surface area contributed by atoms with Gasteiger partial charge >= 0.3 is 0 Å². The first-order chi connectivity index (χ1) is 14.3. The van der Waals surface area contributed by atoms with E-state index in [0.717, 1.165) is 0 Å². The molecule has 0 aromatic heterocycles. The third-order valence-electron chi connectivity index (χ3n) is 6.43. The van der Waals surface area contributed by atoms with E-state index in [2.05, 4.69) is 10.6 Å².